The molecule has 1 aromatic rings. The van der Waals surface area contributed by atoms with E-state index in [4.69, 9.17) is 0 Å². The van der Waals surface area contributed by atoms with E-state index >= 15 is 0 Å². The summed E-state index contributed by atoms with van der Waals surface area (Å²) >= 11 is 0. The average molecular weight is 323 g/mol. The molecule has 2 aliphatic heterocycles. The molecule has 0 radical (unpaired) electrons. The Morgan fingerprint density at radius 3 is 2.36 bits per heavy atom. The van der Waals surface area contributed by atoms with Crippen LogP contribution in [0.4, 0.5) is 5.82 Å². The van der Waals surface area contributed by atoms with Crippen molar-refractivity contribution >= 4 is 15.8 Å². The van der Waals surface area contributed by atoms with Gasteiger partial charge in [0.05, 0.1) is 0 Å². The molecule has 0 spiro atoms. The summed E-state index contributed by atoms with van der Waals surface area (Å²) in [5.41, 5.74) is 0. The van der Waals surface area contributed by atoms with E-state index in [0.717, 1.165) is 38.0 Å². The largest absolute Gasteiger partial charge is 0.354 e. The summed E-state index contributed by atoms with van der Waals surface area (Å²) in [4.78, 5) is 7.01. The van der Waals surface area contributed by atoms with Crippen LogP contribution in [0, 0.1) is 5.92 Å². The molecule has 2 atom stereocenters. The molecule has 5 nitrogen and oxygen atoms in total. The number of hydrogen-bond acceptors (Lipinski definition) is 4. The molecule has 2 fully saturated rings. The maximum atomic E-state index is 12.6. The Morgan fingerprint density at radius 2 is 1.82 bits per heavy atom. The summed E-state index contributed by atoms with van der Waals surface area (Å²) in [6, 6.07) is 4.02. The smallest absolute Gasteiger partial charge is 0.244 e. The fourth-order valence-corrected chi connectivity index (χ4v) is 4.83. The van der Waals surface area contributed by atoms with Crippen LogP contribution in [0.15, 0.2) is 23.2 Å². The van der Waals surface area contributed by atoms with Crippen molar-refractivity contribution in [1.29, 1.82) is 0 Å². The van der Waals surface area contributed by atoms with E-state index in [9.17, 15) is 8.42 Å². The molecule has 3 rings (SSSR count). The third kappa shape index (κ3) is 2.86. The van der Waals surface area contributed by atoms with Gasteiger partial charge >= 0.3 is 0 Å². The van der Waals surface area contributed by atoms with Crippen LogP contribution in [0.5, 0.6) is 0 Å². The highest BCUT2D eigenvalue weighted by molar-refractivity contribution is 7.89. The molecule has 1 aromatic heterocycles. The van der Waals surface area contributed by atoms with Gasteiger partial charge in [0.1, 0.15) is 10.7 Å². The number of rotatable bonds is 3. The van der Waals surface area contributed by atoms with Gasteiger partial charge in [-0.1, -0.05) is 13.3 Å². The number of aromatic nitrogens is 1. The second kappa shape index (κ2) is 6.16. The number of piperidine rings is 1. The maximum Gasteiger partial charge on any atom is 0.244 e. The maximum absolute atomic E-state index is 12.6. The lowest BCUT2D eigenvalue weighted by Gasteiger charge is -2.27. The van der Waals surface area contributed by atoms with Crippen molar-refractivity contribution in [1.82, 2.24) is 9.29 Å². The first-order valence-electron chi connectivity index (χ1n) is 8.23. The Hall–Kier alpha value is -1.14. The van der Waals surface area contributed by atoms with Crippen molar-refractivity contribution in [2.24, 2.45) is 5.92 Å². The fourth-order valence-electron chi connectivity index (χ4n) is 3.37. The number of pyridine rings is 1. The second-order valence-electron chi connectivity index (χ2n) is 6.52. The molecule has 0 saturated carbocycles. The topological polar surface area (TPSA) is 53.5 Å². The molecule has 6 heteroatoms. The SMILES string of the molecule is CC1CCN(c2ccc(S(=O)(=O)N3CCCCC3)cn2)C1C. The van der Waals surface area contributed by atoms with Crippen molar-refractivity contribution in [3.05, 3.63) is 18.3 Å². The third-order valence-electron chi connectivity index (χ3n) is 5.11. The zero-order valence-corrected chi connectivity index (χ0v) is 14.2. The summed E-state index contributed by atoms with van der Waals surface area (Å²) in [7, 11) is -3.37. The molecule has 122 valence electrons. The molecule has 0 aliphatic carbocycles. The molecule has 3 heterocycles. The predicted octanol–water partition coefficient (Wildman–Crippen LogP) is 2.49. The van der Waals surface area contributed by atoms with Crippen LogP contribution in [0.2, 0.25) is 0 Å². The number of nitrogens with zero attached hydrogens (tertiary/aromatic N) is 3. The monoisotopic (exact) mass is 323 g/mol. The summed E-state index contributed by atoms with van der Waals surface area (Å²) in [5.74, 6) is 1.54. The van der Waals surface area contributed by atoms with E-state index in [1.54, 1.807) is 10.4 Å². The summed E-state index contributed by atoms with van der Waals surface area (Å²) in [6.45, 7) is 6.71. The van der Waals surface area contributed by atoms with Crippen LogP contribution >= 0.6 is 0 Å². The van der Waals surface area contributed by atoms with E-state index in [2.05, 4.69) is 23.7 Å². The van der Waals surface area contributed by atoms with Crippen LogP contribution < -0.4 is 4.90 Å². The van der Waals surface area contributed by atoms with Crippen molar-refractivity contribution in [3.8, 4) is 0 Å². The number of anilines is 1. The quantitative estimate of drug-likeness (QED) is 0.857. The molecule has 22 heavy (non-hydrogen) atoms. The van der Waals surface area contributed by atoms with Crippen LogP contribution in [-0.4, -0.2) is 43.4 Å². The zero-order chi connectivity index (χ0) is 15.7. The van der Waals surface area contributed by atoms with Crippen molar-refractivity contribution in [3.63, 3.8) is 0 Å². The van der Waals surface area contributed by atoms with Gasteiger partial charge in [-0.15, -0.1) is 0 Å². The Kier molecular flexibility index (Phi) is 4.41. The molecular weight excluding hydrogens is 298 g/mol. The van der Waals surface area contributed by atoms with Gasteiger partial charge < -0.3 is 4.90 Å². The highest BCUT2D eigenvalue weighted by atomic mass is 32.2. The summed E-state index contributed by atoms with van der Waals surface area (Å²) < 4.78 is 26.8. The Labute approximate surface area is 133 Å². The minimum atomic E-state index is -3.37. The van der Waals surface area contributed by atoms with Gasteiger partial charge in [-0.05, 0) is 44.2 Å². The minimum Gasteiger partial charge on any atom is -0.354 e. The van der Waals surface area contributed by atoms with E-state index in [1.165, 1.54) is 6.20 Å². The first-order valence-corrected chi connectivity index (χ1v) is 9.67. The second-order valence-corrected chi connectivity index (χ2v) is 8.45. The van der Waals surface area contributed by atoms with Crippen LogP contribution in [0.25, 0.3) is 0 Å². The van der Waals surface area contributed by atoms with Crippen molar-refractivity contribution in [2.45, 2.75) is 50.5 Å². The Balaban J connectivity index is 1.79. The van der Waals surface area contributed by atoms with E-state index < -0.39 is 10.0 Å². The number of hydrogen-bond donors (Lipinski definition) is 0. The highest BCUT2D eigenvalue weighted by Crippen LogP contribution is 2.29. The van der Waals surface area contributed by atoms with E-state index in [0.29, 0.717) is 29.9 Å². The lowest BCUT2D eigenvalue weighted by atomic mass is 10.1. The van der Waals surface area contributed by atoms with Gasteiger partial charge in [0.15, 0.2) is 0 Å². The average Bonchev–Trinajstić information content (AvgIpc) is 2.88. The minimum absolute atomic E-state index is 0.318. The molecule has 0 amide bonds. The van der Waals surface area contributed by atoms with Gasteiger partial charge in [-0.25, -0.2) is 13.4 Å². The molecule has 2 unspecified atom stereocenters. The van der Waals surface area contributed by atoms with Gasteiger partial charge in [0, 0.05) is 31.9 Å². The highest BCUT2D eigenvalue weighted by Gasteiger charge is 2.29. The first kappa shape index (κ1) is 15.7. The Bertz CT molecular complexity index is 609. The first-order chi connectivity index (χ1) is 10.5. The predicted molar refractivity (Wildman–Crippen MR) is 87.4 cm³/mol. The summed E-state index contributed by atoms with van der Waals surface area (Å²) in [5, 5.41) is 0. The lowest BCUT2D eigenvalue weighted by Crippen LogP contribution is -2.35. The molecule has 2 aliphatic rings. The molecule has 2 saturated heterocycles. The standard InChI is InChI=1S/C16H25N3O2S/c1-13-8-11-19(14(13)2)16-7-6-15(12-17-16)22(20,21)18-9-4-3-5-10-18/h6-7,12-14H,3-5,8-11H2,1-2H3. The fraction of sp³-hybridized carbons (Fsp3) is 0.688. The van der Waals surface area contributed by atoms with E-state index in [1.807, 2.05) is 6.07 Å². The van der Waals surface area contributed by atoms with Crippen LogP contribution in [0.1, 0.15) is 39.5 Å². The molecule has 0 aromatic carbocycles. The lowest BCUT2D eigenvalue weighted by molar-refractivity contribution is 0.346. The van der Waals surface area contributed by atoms with Crippen LogP contribution in [0.3, 0.4) is 0 Å². The van der Waals surface area contributed by atoms with Gasteiger partial charge in [0.2, 0.25) is 10.0 Å². The molecular formula is C16H25N3O2S. The summed E-state index contributed by atoms with van der Waals surface area (Å²) in [6.07, 6.45) is 5.71. The van der Waals surface area contributed by atoms with Crippen LogP contribution in [-0.2, 0) is 10.0 Å². The third-order valence-corrected chi connectivity index (χ3v) is 6.99. The van der Waals surface area contributed by atoms with Crippen molar-refractivity contribution in [2.75, 3.05) is 24.5 Å². The molecule has 0 bridgehead atoms. The van der Waals surface area contributed by atoms with Gasteiger partial charge in [0.25, 0.3) is 0 Å². The number of sulfonamides is 1. The molecule has 0 N–H and O–H groups in total. The van der Waals surface area contributed by atoms with Gasteiger partial charge in [-0.2, -0.15) is 4.31 Å². The zero-order valence-electron chi connectivity index (χ0n) is 13.4. The normalized spacial score (nSPS) is 27.3. The Morgan fingerprint density at radius 1 is 1.09 bits per heavy atom. The van der Waals surface area contributed by atoms with E-state index in [-0.39, 0.29) is 0 Å². The van der Waals surface area contributed by atoms with Gasteiger partial charge in [-0.3, -0.25) is 0 Å². The van der Waals surface area contributed by atoms with Crippen molar-refractivity contribution < 1.29 is 8.42 Å².